The van der Waals surface area contributed by atoms with Gasteiger partial charge >= 0.3 is 0 Å². The third-order valence-corrected chi connectivity index (χ3v) is 3.63. The van der Waals surface area contributed by atoms with Crippen LogP contribution in [0, 0.1) is 0 Å². The van der Waals surface area contributed by atoms with E-state index in [1.807, 2.05) is 13.8 Å². The third-order valence-electron chi connectivity index (χ3n) is 3.63. The molecule has 100 valence electrons. The second-order valence-electron chi connectivity index (χ2n) is 5.00. The van der Waals surface area contributed by atoms with Gasteiger partial charge in [-0.15, -0.1) is 0 Å². The lowest BCUT2D eigenvalue weighted by Gasteiger charge is -2.24. The van der Waals surface area contributed by atoms with Crippen molar-refractivity contribution in [3.8, 4) is 0 Å². The lowest BCUT2D eigenvalue weighted by molar-refractivity contribution is 0.0312. The maximum atomic E-state index is 11.8. The van der Waals surface area contributed by atoms with Gasteiger partial charge in [0.05, 0.1) is 5.60 Å². The first-order valence-corrected chi connectivity index (χ1v) is 6.55. The van der Waals surface area contributed by atoms with E-state index in [9.17, 15) is 9.90 Å². The number of hydrogen-bond acceptors (Lipinski definition) is 4. The Hall–Kier alpha value is -1.36. The van der Waals surface area contributed by atoms with E-state index in [2.05, 4.69) is 10.5 Å². The molecule has 2 rings (SSSR count). The van der Waals surface area contributed by atoms with Crippen molar-refractivity contribution in [2.24, 2.45) is 0 Å². The van der Waals surface area contributed by atoms with Crippen LogP contribution in [0.15, 0.2) is 10.6 Å². The predicted octanol–water partition coefficient (Wildman–Crippen LogP) is 1.83. The first-order valence-electron chi connectivity index (χ1n) is 6.55. The number of carbonyl (C=O) groups excluding carboxylic acids is 1. The molecule has 2 N–H and O–H groups in total. The van der Waals surface area contributed by atoms with Gasteiger partial charge in [0.1, 0.15) is 5.76 Å². The highest BCUT2D eigenvalue weighted by atomic mass is 16.5. The number of aromatic nitrogens is 1. The summed E-state index contributed by atoms with van der Waals surface area (Å²) in [4.78, 5) is 11.8. The second kappa shape index (κ2) is 5.10. The molecule has 1 aliphatic rings. The van der Waals surface area contributed by atoms with Gasteiger partial charge in [-0.05, 0) is 25.7 Å². The molecule has 1 aromatic rings. The Balaban J connectivity index is 1.90. The number of nitrogens with zero attached hydrogens (tertiary/aromatic N) is 1. The molecule has 1 fully saturated rings. The summed E-state index contributed by atoms with van der Waals surface area (Å²) < 4.78 is 5.12. The van der Waals surface area contributed by atoms with E-state index in [0.717, 1.165) is 18.6 Å². The molecule has 0 saturated heterocycles. The van der Waals surface area contributed by atoms with E-state index >= 15 is 0 Å². The number of aliphatic hydroxyl groups is 1. The average molecular weight is 252 g/mol. The summed E-state index contributed by atoms with van der Waals surface area (Å²) in [5.74, 6) is 0.953. The van der Waals surface area contributed by atoms with Gasteiger partial charge in [0, 0.05) is 18.5 Å². The normalized spacial score (nSPS) is 15.7. The summed E-state index contributed by atoms with van der Waals surface area (Å²) in [5, 5.41) is 16.5. The minimum atomic E-state index is -0.835. The van der Waals surface area contributed by atoms with E-state index in [-0.39, 0.29) is 12.5 Å². The van der Waals surface area contributed by atoms with Crippen LogP contribution in [-0.2, 0) is 0 Å². The SMILES string of the molecule is CCC(O)(CC)CNC(=O)c1cc(C2CC2)on1. The van der Waals surface area contributed by atoms with E-state index in [1.165, 1.54) is 0 Å². The number of amides is 1. The van der Waals surface area contributed by atoms with Crippen LogP contribution < -0.4 is 5.32 Å². The van der Waals surface area contributed by atoms with Gasteiger partial charge in [0.15, 0.2) is 5.69 Å². The molecule has 1 aromatic heterocycles. The predicted molar refractivity (Wildman–Crippen MR) is 66.3 cm³/mol. The fourth-order valence-corrected chi connectivity index (χ4v) is 1.79. The van der Waals surface area contributed by atoms with Crippen molar-refractivity contribution in [2.45, 2.75) is 51.0 Å². The van der Waals surface area contributed by atoms with Crippen LogP contribution in [0.5, 0.6) is 0 Å². The first-order chi connectivity index (χ1) is 8.58. The van der Waals surface area contributed by atoms with E-state index in [1.54, 1.807) is 6.07 Å². The Kier molecular flexibility index (Phi) is 3.71. The van der Waals surface area contributed by atoms with Gasteiger partial charge in [0.25, 0.3) is 5.91 Å². The van der Waals surface area contributed by atoms with Crippen molar-refractivity contribution < 1.29 is 14.4 Å². The standard InChI is InChI=1S/C13H20N2O3/c1-3-13(17,4-2)8-14-12(16)10-7-11(18-15-10)9-5-6-9/h7,9,17H,3-6,8H2,1-2H3,(H,14,16). The molecule has 0 spiro atoms. The zero-order valence-electron chi connectivity index (χ0n) is 10.9. The van der Waals surface area contributed by atoms with E-state index in [4.69, 9.17) is 4.52 Å². The fourth-order valence-electron chi connectivity index (χ4n) is 1.79. The van der Waals surface area contributed by atoms with Crippen LogP contribution in [0.4, 0.5) is 0 Å². The number of carbonyl (C=O) groups is 1. The Morgan fingerprint density at radius 3 is 2.78 bits per heavy atom. The molecule has 1 heterocycles. The summed E-state index contributed by atoms with van der Waals surface area (Å²) in [6.45, 7) is 4.04. The van der Waals surface area contributed by atoms with Crippen molar-refractivity contribution >= 4 is 5.91 Å². The Morgan fingerprint density at radius 1 is 1.56 bits per heavy atom. The van der Waals surface area contributed by atoms with Crippen molar-refractivity contribution in [3.63, 3.8) is 0 Å². The largest absolute Gasteiger partial charge is 0.388 e. The highest BCUT2D eigenvalue weighted by Gasteiger charge is 2.29. The average Bonchev–Trinajstić information content (AvgIpc) is 3.13. The number of nitrogens with one attached hydrogen (secondary N) is 1. The molecule has 0 bridgehead atoms. The van der Waals surface area contributed by atoms with Crippen molar-refractivity contribution in [2.75, 3.05) is 6.54 Å². The molecule has 0 unspecified atom stereocenters. The Morgan fingerprint density at radius 2 is 2.22 bits per heavy atom. The van der Waals surface area contributed by atoms with E-state index < -0.39 is 5.60 Å². The monoisotopic (exact) mass is 252 g/mol. The Labute approximate surface area is 107 Å². The van der Waals surface area contributed by atoms with Crippen LogP contribution >= 0.6 is 0 Å². The summed E-state index contributed by atoms with van der Waals surface area (Å²) >= 11 is 0. The first kappa shape index (κ1) is 13.1. The molecule has 1 aliphatic carbocycles. The maximum Gasteiger partial charge on any atom is 0.273 e. The van der Waals surface area contributed by atoms with Gasteiger partial charge in [-0.2, -0.15) is 0 Å². The molecular weight excluding hydrogens is 232 g/mol. The van der Waals surface area contributed by atoms with Crippen molar-refractivity contribution in [1.82, 2.24) is 10.5 Å². The van der Waals surface area contributed by atoms with Gasteiger partial charge < -0.3 is 14.9 Å². The molecule has 18 heavy (non-hydrogen) atoms. The number of hydrogen-bond donors (Lipinski definition) is 2. The van der Waals surface area contributed by atoms with Crippen LogP contribution in [0.2, 0.25) is 0 Å². The highest BCUT2D eigenvalue weighted by Crippen LogP contribution is 2.40. The van der Waals surface area contributed by atoms with Crippen LogP contribution in [0.3, 0.4) is 0 Å². The third kappa shape index (κ3) is 2.90. The Bertz CT molecular complexity index is 420. The molecule has 0 aliphatic heterocycles. The molecular formula is C13H20N2O3. The topological polar surface area (TPSA) is 75.4 Å². The van der Waals surface area contributed by atoms with Gasteiger partial charge in [-0.3, -0.25) is 4.79 Å². The van der Waals surface area contributed by atoms with Gasteiger partial charge in [-0.25, -0.2) is 0 Å². The van der Waals surface area contributed by atoms with Crippen molar-refractivity contribution in [3.05, 3.63) is 17.5 Å². The van der Waals surface area contributed by atoms with Crippen LogP contribution in [0.1, 0.15) is 61.7 Å². The zero-order chi connectivity index (χ0) is 13.2. The van der Waals surface area contributed by atoms with Gasteiger partial charge in [-0.1, -0.05) is 19.0 Å². The molecule has 1 saturated carbocycles. The molecule has 5 nitrogen and oxygen atoms in total. The lowest BCUT2D eigenvalue weighted by atomic mass is 9.97. The van der Waals surface area contributed by atoms with Crippen molar-refractivity contribution in [1.29, 1.82) is 0 Å². The van der Waals surface area contributed by atoms with E-state index in [0.29, 0.717) is 24.5 Å². The summed E-state index contributed by atoms with van der Waals surface area (Å²) in [7, 11) is 0. The minimum absolute atomic E-state index is 0.241. The summed E-state index contributed by atoms with van der Waals surface area (Å²) in [5.41, 5.74) is -0.537. The minimum Gasteiger partial charge on any atom is -0.388 e. The molecule has 0 atom stereocenters. The second-order valence-corrected chi connectivity index (χ2v) is 5.00. The lowest BCUT2D eigenvalue weighted by Crippen LogP contribution is -2.42. The molecule has 0 radical (unpaired) electrons. The van der Waals surface area contributed by atoms with Crippen LogP contribution in [0.25, 0.3) is 0 Å². The van der Waals surface area contributed by atoms with Gasteiger partial charge in [0.2, 0.25) is 0 Å². The molecule has 0 aromatic carbocycles. The summed E-state index contributed by atoms with van der Waals surface area (Å²) in [6.07, 6.45) is 3.44. The summed E-state index contributed by atoms with van der Waals surface area (Å²) in [6, 6.07) is 1.70. The number of rotatable bonds is 6. The zero-order valence-corrected chi connectivity index (χ0v) is 10.9. The fraction of sp³-hybridized carbons (Fsp3) is 0.692. The quantitative estimate of drug-likeness (QED) is 0.810. The highest BCUT2D eigenvalue weighted by molar-refractivity contribution is 5.92. The molecule has 1 amide bonds. The maximum absolute atomic E-state index is 11.8. The molecule has 5 heteroatoms. The van der Waals surface area contributed by atoms with Crippen LogP contribution in [-0.4, -0.2) is 28.3 Å². The smallest absolute Gasteiger partial charge is 0.273 e.